The number of hydrogen-bond acceptors (Lipinski definition) is 7. The molecule has 2 atom stereocenters. The third-order valence-electron chi connectivity index (χ3n) is 4.67. The summed E-state index contributed by atoms with van der Waals surface area (Å²) in [6.45, 7) is 5.43. The maximum Gasteiger partial charge on any atom is 0.247 e. The quantitative estimate of drug-likeness (QED) is 0.701. The Hall–Kier alpha value is -3.68. The fourth-order valence-electron chi connectivity index (χ4n) is 2.82. The summed E-state index contributed by atoms with van der Waals surface area (Å²) in [5.41, 5.74) is 4.40. The highest BCUT2D eigenvalue weighted by Crippen LogP contribution is 2.29. The van der Waals surface area contributed by atoms with Crippen LogP contribution in [0.4, 0.5) is 5.69 Å². The number of aliphatic hydroxyl groups excluding tert-OH is 1. The Bertz CT molecular complexity index is 1070. The van der Waals surface area contributed by atoms with Crippen LogP contribution in [0.25, 0.3) is 11.5 Å². The molecule has 140 valence electrons. The minimum Gasteiger partial charge on any atom is -0.418 e. The molecule has 0 spiro atoms. The Balaban J connectivity index is 1.90. The second-order valence-electron chi connectivity index (χ2n) is 6.52. The Morgan fingerprint density at radius 2 is 1.71 bits per heavy atom. The average molecular weight is 373 g/mol. The number of nitrogens with one attached hydrogen (secondary N) is 1. The van der Waals surface area contributed by atoms with E-state index >= 15 is 0 Å². The fourth-order valence-corrected chi connectivity index (χ4v) is 2.82. The lowest BCUT2D eigenvalue weighted by molar-refractivity contribution is 0.159. The highest BCUT2D eigenvalue weighted by Gasteiger charge is 2.25. The SMILES string of the molecule is Cc1c(C#N)ccc(N[C@@H](c2nnc(-c3ccc(C#N)cc3)o2)[C@H](C)O)c1C. The van der Waals surface area contributed by atoms with Gasteiger partial charge >= 0.3 is 0 Å². The molecular weight excluding hydrogens is 354 g/mol. The molecule has 0 fully saturated rings. The van der Waals surface area contributed by atoms with Crippen molar-refractivity contribution in [1.82, 2.24) is 10.2 Å². The smallest absolute Gasteiger partial charge is 0.247 e. The van der Waals surface area contributed by atoms with E-state index in [1.165, 1.54) is 0 Å². The van der Waals surface area contributed by atoms with Crippen molar-refractivity contribution in [3.63, 3.8) is 0 Å². The second-order valence-corrected chi connectivity index (χ2v) is 6.52. The fraction of sp³-hybridized carbons (Fsp3) is 0.238. The first-order valence-corrected chi connectivity index (χ1v) is 8.73. The molecule has 0 bridgehead atoms. The summed E-state index contributed by atoms with van der Waals surface area (Å²) >= 11 is 0. The van der Waals surface area contributed by atoms with Gasteiger partial charge in [-0.3, -0.25) is 0 Å². The number of rotatable bonds is 5. The lowest BCUT2D eigenvalue weighted by atomic mass is 10.0. The Morgan fingerprint density at radius 3 is 2.32 bits per heavy atom. The van der Waals surface area contributed by atoms with Crippen molar-refractivity contribution in [2.45, 2.75) is 32.9 Å². The van der Waals surface area contributed by atoms with E-state index in [1.807, 2.05) is 13.8 Å². The highest BCUT2D eigenvalue weighted by atomic mass is 16.4. The summed E-state index contributed by atoms with van der Waals surface area (Å²) in [6, 6.07) is 13.9. The van der Waals surface area contributed by atoms with Gasteiger partial charge in [0.15, 0.2) is 0 Å². The van der Waals surface area contributed by atoms with Gasteiger partial charge in [0.2, 0.25) is 11.8 Å². The predicted octanol–water partition coefficient (Wildman–Crippen LogP) is 3.63. The monoisotopic (exact) mass is 373 g/mol. The van der Waals surface area contributed by atoms with Crippen LogP contribution >= 0.6 is 0 Å². The molecule has 0 saturated heterocycles. The normalized spacial score (nSPS) is 12.6. The van der Waals surface area contributed by atoms with Crippen LogP contribution in [0.3, 0.4) is 0 Å². The molecule has 0 aliphatic heterocycles. The number of nitriles is 2. The van der Waals surface area contributed by atoms with Gasteiger partial charge < -0.3 is 14.8 Å². The summed E-state index contributed by atoms with van der Waals surface area (Å²) < 4.78 is 5.77. The van der Waals surface area contributed by atoms with Gasteiger partial charge in [-0.25, -0.2) is 0 Å². The van der Waals surface area contributed by atoms with Gasteiger partial charge in [0.25, 0.3) is 0 Å². The minimum absolute atomic E-state index is 0.246. The molecule has 7 nitrogen and oxygen atoms in total. The largest absolute Gasteiger partial charge is 0.418 e. The van der Waals surface area contributed by atoms with Gasteiger partial charge in [0, 0.05) is 11.3 Å². The Labute approximate surface area is 162 Å². The summed E-state index contributed by atoms with van der Waals surface area (Å²) in [7, 11) is 0. The van der Waals surface area contributed by atoms with Gasteiger partial charge in [-0.1, -0.05) is 0 Å². The third-order valence-corrected chi connectivity index (χ3v) is 4.67. The van der Waals surface area contributed by atoms with Crippen molar-refractivity contribution < 1.29 is 9.52 Å². The van der Waals surface area contributed by atoms with E-state index in [0.717, 1.165) is 16.8 Å². The molecule has 0 saturated carbocycles. The Kier molecular flexibility index (Phi) is 5.39. The molecule has 7 heteroatoms. The zero-order chi connectivity index (χ0) is 20.3. The van der Waals surface area contributed by atoms with Crippen LogP contribution in [0.5, 0.6) is 0 Å². The third kappa shape index (κ3) is 3.71. The molecule has 1 aromatic heterocycles. The van der Waals surface area contributed by atoms with E-state index in [-0.39, 0.29) is 5.89 Å². The number of aromatic nitrogens is 2. The average Bonchev–Trinajstić information content (AvgIpc) is 3.18. The first-order chi connectivity index (χ1) is 13.4. The van der Waals surface area contributed by atoms with Crippen LogP contribution in [0.1, 0.15) is 41.1 Å². The van der Waals surface area contributed by atoms with E-state index < -0.39 is 12.1 Å². The number of nitrogens with zero attached hydrogens (tertiary/aromatic N) is 4. The lowest BCUT2D eigenvalue weighted by Gasteiger charge is -2.21. The molecular formula is C21H19N5O2. The minimum atomic E-state index is -0.801. The van der Waals surface area contributed by atoms with Gasteiger partial charge in [-0.2, -0.15) is 10.5 Å². The first-order valence-electron chi connectivity index (χ1n) is 8.73. The standard InChI is InChI=1S/C21H19N5O2/c1-12-13(2)18(9-8-17(12)11-23)24-19(14(3)27)21-26-25-20(28-21)16-6-4-15(10-22)5-7-16/h4-9,14,19,24,27H,1-3H3/t14-,19+/m0/s1. The molecule has 0 amide bonds. The molecule has 0 aliphatic rings. The van der Waals surface area contributed by atoms with E-state index in [4.69, 9.17) is 14.9 Å². The van der Waals surface area contributed by atoms with Gasteiger partial charge in [-0.05, 0) is 68.3 Å². The van der Waals surface area contributed by atoms with E-state index in [9.17, 15) is 5.11 Å². The van der Waals surface area contributed by atoms with E-state index in [0.29, 0.717) is 22.6 Å². The maximum absolute atomic E-state index is 10.3. The molecule has 0 unspecified atom stereocenters. The molecule has 28 heavy (non-hydrogen) atoms. The zero-order valence-corrected chi connectivity index (χ0v) is 15.8. The molecule has 0 aliphatic carbocycles. The predicted molar refractivity (Wildman–Crippen MR) is 103 cm³/mol. The maximum atomic E-state index is 10.3. The first kappa shape index (κ1) is 19.1. The molecule has 0 radical (unpaired) electrons. The summed E-state index contributed by atoms with van der Waals surface area (Å²) in [5.74, 6) is 0.551. The zero-order valence-electron chi connectivity index (χ0n) is 15.8. The van der Waals surface area contributed by atoms with Crippen molar-refractivity contribution in [3.8, 4) is 23.6 Å². The van der Waals surface area contributed by atoms with Crippen molar-refractivity contribution in [1.29, 1.82) is 10.5 Å². The summed E-state index contributed by atoms with van der Waals surface area (Å²) in [5, 5.41) is 39.7. The van der Waals surface area contributed by atoms with Crippen LogP contribution in [-0.4, -0.2) is 21.4 Å². The topological polar surface area (TPSA) is 119 Å². The number of benzene rings is 2. The molecule has 3 aromatic rings. The number of aliphatic hydroxyl groups is 1. The van der Waals surface area contributed by atoms with Crippen LogP contribution < -0.4 is 5.32 Å². The molecule has 2 aromatic carbocycles. The van der Waals surface area contributed by atoms with Crippen molar-refractivity contribution in [3.05, 3.63) is 64.5 Å². The molecule has 2 N–H and O–H groups in total. The van der Waals surface area contributed by atoms with Crippen LogP contribution in [0.2, 0.25) is 0 Å². The second kappa shape index (κ2) is 7.91. The van der Waals surface area contributed by atoms with E-state index in [1.54, 1.807) is 43.3 Å². The summed E-state index contributed by atoms with van der Waals surface area (Å²) in [4.78, 5) is 0. The van der Waals surface area contributed by atoms with Gasteiger partial charge in [-0.15, -0.1) is 10.2 Å². The van der Waals surface area contributed by atoms with Crippen molar-refractivity contribution >= 4 is 5.69 Å². The number of anilines is 1. The van der Waals surface area contributed by atoms with Crippen molar-refractivity contribution in [2.75, 3.05) is 5.32 Å². The van der Waals surface area contributed by atoms with Crippen LogP contribution in [-0.2, 0) is 0 Å². The van der Waals surface area contributed by atoms with Crippen LogP contribution in [0, 0.1) is 36.5 Å². The number of hydrogen-bond donors (Lipinski definition) is 2. The molecule has 1 heterocycles. The lowest BCUT2D eigenvalue weighted by Crippen LogP contribution is -2.23. The van der Waals surface area contributed by atoms with Gasteiger partial charge in [0.1, 0.15) is 6.04 Å². The van der Waals surface area contributed by atoms with Gasteiger partial charge in [0.05, 0.1) is 29.4 Å². The summed E-state index contributed by atoms with van der Waals surface area (Å²) in [6.07, 6.45) is -0.801. The Morgan fingerprint density at radius 1 is 1.00 bits per heavy atom. The molecule has 3 rings (SSSR count). The highest BCUT2D eigenvalue weighted by molar-refractivity contribution is 5.59. The van der Waals surface area contributed by atoms with Crippen LogP contribution in [0.15, 0.2) is 40.8 Å². The van der Waals surface area contributed by atoms with Crippen molar-refractivity contribution in [2.24, 2.45) is 0 Å². The van der Waals surface area contributed by atoms with E-state index in [2.05, 4.69) is 27.7 Å².